The summed E-state index contributed by atoms with van der Waals surface area (Å²) in [5.41, 5.74) is -1.96. The largest absolute Gasteiger partial charge is 0.494 e. The minimum absolute atomic E-state index is 0.0445. The Bertz CT molecular complexity index is 1380. The monoisotopic (exact) mass is 622 g/mol. The molecule has 0 saturated heterocycles. The molecule has 1 heterocycles. The van der Waals surface area contributed by atoms with Gasteiger partial charge in [0.05, 0.1) is 17.3 Å². The first-order chi connectivity index (χ1) is 20.5. The van der Waals surface area contributed by atoms with E-state index in [9.17, 15) is 18.0 Å². The van der Waals surface area contributed by atoms with Crippen LogP contribution in [0.5, 0.6) is 17.2 Å². The number of ether oxygens (including phenoxy) is 3. The number of nitrogens with zero attached hydrogens (tertiary/aromatic N) is 2. The zero-order valence-corrected chi connectivity index (χ0v) is 24.9. The molecule has 2 aromatic carbocycles. The van der Waals surface area contributed by atoms with Crippen LogP contribution >= 0.6 is 11.6 Å². The number of anilines is 1. The molecule has 11 heteroatoms. The molecular formula is C32H35ClF4N2O4. The van der Waals surface area contributed by atoms with Gasteiger partial charge in [0, 0.05) is 18.8 Å². The lowest BCUT2D eigenvalue weighted by Gasteiger charge is -2.35. The molecule has 2 aromatic rings. The molecule has 1 fully saturated rings. The lowest BCUT2D eigenvalue weighted by atomic mass is 10.0. The summed E-state index contributed by atoms with van der Waals surface area (Å²) in [6, 6.07) is 7.69. The standard InChI is InChI=1S/C32H35ClF4N2O4/c1-4-11-23(41-19-22-12-7-5-6-8-13-22)20-42-27-14-9-10-15-28(27)43-29-18-26(25(34)17-24(29)33)39-21(2)16-30(32(35,36)37)38(3)31(39)40/h9-11,14-18,22H,2,4-8,12-13,19-20H2,1,3H3/b23-11+. The Morgan fingerprint density at radius 3 is 2.42 bits per heavy atom. The number of alkyl halides is 3. The Labute approximate surface area is 254 Å². The summed E-state index contributed by atoms with van der Waals surface area (Å²) in [5.74, 6) is 0.848. The molecule has 232 valence electrons. The van der Waals surface area contributed by atoms with Crippen molar-refractivity contribution in [1.29, 1.82) is 0 Å². The van der Waals surface area contributed by atoms with Gasteiger partial charge < -0.3 is 14.2 Å². The van der Waals surface area contributed by atoms with Gasteiger partial charge in [0.2, 0.25) is 0 Å². The molecule has 4 rings (SSSR count). The van der Waals surface area contributed by atoms with Crippen molar-refractivity contribution < 1.29 is 36.6 Å². The first-order valence-electron chi connectivity index (χ1n) is 14.3. The average molecular weight is 623 g/mol. The maximum Gasteiger partial charge on any atom is 0.431 e. The van der Waals surface area contributed by atoms with Crippen LogP contribution in [0.4, 0.5) is 28.0 Å². The van der Waals surface area contributed by atoms with Crippen LogP contribution < -0.4 is 14.4 Å². The minimum atomic E-state index is -4.80. The van der Waals surface area contributed by atoms with Crippen LogP contribution in [0.1, 0.15) is 51.9 Å². The molecule has 0 aromatic heterocycles. The van der Waals surface area contributed by atoms with Gasteiger partial charge in [-0.25, -0.2) is 9.18 Å². The van der Waals surface area contributed by atoms with E-state index in [0.717, 1.165) is 43.3 Å². The second-order valence-corrected chi connectivity index (χ2v) is 10.9. The van der Waals surface area contributed by atoms with E-state index in [0.29, 0.717) is 35.0 Å². The maximum atomic E-state index is 15.1. The fourth-order valence-corrected chi connectivity index (χ4v) is 5.25. The second-order valence-electron chi connectivity index (χ2n) is 10.5. The van der Waals surface area contributed by atoms with Crippen molar-refractivity contribution in [2.75, 3.05) is 25.2 Å². The third-order valence-corrected chi connectivity index (χ3v) is 7.61. The van der Waals surface area contributed by atoms with Crippen LogP contribution in [0.3, 0.4) is 0 Å². The van der Waals surface area contributed by atoms with E-state index in [1.54, 1.807) is 24.3 Å². The van der Waals surface area contributed by atoms with Crippen LogP contribution in [-0.2, 0) is 4.74 Å². The number of amides is 2. The van der Waals surface area contributed by atoms with Crippen molar-refractivity contribution in [2.45, 2.75) is 58.0 Å². The van der Waals surface area contributed by atoms with Gasteiger partial charge in [-0.3, -0.25) is 9.80 Å². The van der Waals surface area contributed by atoms with Crippen LogP contribution in [0, 0.1) is 11.7 Å². The predicted molar refractivity (Wildman–Crippen MR) is 158 cm³/mol. The molecule has 2 amide bonds. The van der Waals surface area contributed by atoms with Crippen LogP contribution in [-0.4, -0.2) is 37.4 Å². The average Bonchev–Trinajstić information content (AvgIpc) is 3.23. The SMILES string of the molecule is C=C1C=C(C(F)(F)F)N(C)C(=O)N1c1cc(Oc2ccccc2OC/C(=C\CC)OCC2CCCCCC2)c(Cl)cc1F. The third kappa shape index (κ3) is 8.04. The highest BCUT2D eigenvalue weighted by Gasteiger charge is 2.43. The summed E-state index contributed by atoms with van der Waals surface area (Å²) in [6.45, 7) is 6.35. The Balaban J connectivity index is 1.52. The first-order valence-corrected chi connectivity index (χ1v) is 14.6. The summed E-state index contributed by atoms with van der Waals surface area (Å²) in [7, 11) is 0.946. The van der Waals surface area contributed by atoms with Crippen molar-refractivity contribution in [2.24, 2.45) is 5.92 Å². The van der Waals surface area contributed by atoms with Gasteiger partial charge in [-0.2, -0.15) is 13.2 Å². The number of hydrogen-bond donors (Lipinski definition) is 0. The van der Waals surface area contributed by atoms with Crippen LogP contribution in [0.25, 0.3) is 0 Å². The highest BCUT2D eigenvalue weighted by Crippen LogP contribution is 2.41. The zero-order chi connectivity index (χ0) is 31.1. The molecule has 0 spiro atoms. The molecule has 1 saturated carbocycles. The number of halogens is 5. The van der Waals surface area contributed by atoms with Crippen molar-refractivity contribution in [3.63, 3.8) is 0 Å². The number of benzene rings is 2. The lowest BCUT2D eigenvalue weighted by molar-refractivity contribution is -0.106. The Kier molecular flexibility index (Phi) is 10.7. The number of carbonyl (C=O) groups excluding carboxylic acids is 1. The number of para-hydroxylation sites is 2. The van der Waals surface area contributed by atoms with E-state index in [1.807, 2.05) is 13.0 Å². The molecular weight excluding hydrogens is 588 g/mol. The smallest absolute Gasteiger partial charge is 0.431 e. The summed E-state index contributed by atoms with van der Waals surface area (Å²) < 4.78 is 73.4. The van der Waals surface area contributed by atoms with Gasteiger partial charge in [0.15, 0.2) is 11.5 Å². The van der Waals surface area contributed by atoms with Crippen molar-refractivity contribution >= 4 is 23.3 Å². The van der Waals surface area contributed by atoms with Gasteiger partial charge in [-0.15, -0.1) is 0 Å². The highest BCUT2D eigenvalue weighted by molar-refractivity contribution is 6.32. The predicted octanol–water partition coefficient (Wildman–Crippen LogP) is 9.76. The molecule has 0 bridgehead atoms. The number of hydrogen-bond acceptors (Lipinski definition) is 4. The number of rotatable bonds is 10. The summed E-state index contributed by atoms with van der Waals surface area (Å²) in [4.78, 5) is 14.0. The van der Waals surface area contributed by atoms with E-state index in [4.69, 9.17) is 25.8 Å². The van der Waals surface area contributed by atoms with E-state index in [1.165, 1.54) is 25.7 Å². The topological polar surface area (TPSA) is 51.2 Å². The molecule has 0 atom stereocenters. The molecule has 1 aliphatic carbocycles. The Morgan fingerprint density at radius 1 is 1.09 bits per heavy atom. The number of allylic oxidation sites excluding steroid dienone is 3. The molecule has 43 heavy (non-hydrogen) atoms. The zero-order valence-electron chi connectivity index (χ0n) is 24.2. The molecule has 1 aliphatic heterocycles. The Morgan fingerprint density at radius 2 is 1.77 bits per heavy atom. The molecule has 0 unspecified atom stereocenters. The van der Waals surface area contributed by atoms with Gasteiger partial charge in [0.25, 0.3) is 0 Å². The van der Waals surface area contributed by atoms with Gasteiger partial charge >= 0.3 is 12.2 Å². The molecule has 0 N–H and O–H groups in total. The van der Waals surface area contributed by atoms with Gasteiger partial charge in [-0.1, -0.05) is 62.9 Å². The molecule has 6 nitrogen and oxygen atoms in total. The number of urea groups is 1. The third-order valence-electron chi connectivity index (χ3n) is 7.31. The van der Waals surface area contributed by atoms with Crippen LogP contribution in [0.2, 0.25) is 5.02 Å². The Hall–Kier alpha value is -3.66. The quantitative estimate of drug-likeness (QED) is 0.150. The van der Waals surface area contributed by atoms with Crippen molar-refractivity contribution in [3.05, 3.63) is 83.1 Å². The minimum Gasteiger partial charge on any atom is -0.494 e. The summed E-state index contributed by atoms with van der Waals surface area (Å²) in [6.07, 6.45) is 5.89. The van der Waals surface area contributed by atoms with Gasteiger partial charge in [0.1, 0.15) is 29.6 Å². The second kappa shape index (κ2) is 14.2. The van der Waals surface area contributed by atoms with E-state index >= 15 is 4.39 Å². The maximum absolute atomic E-state index is 15.1. The van der Waals surface area contributed by atoms with E-state index in [-0.39, 0.29) is 34.5 Å². The van der Waals surface area contributed by atoms with Gasteiger partial charge in [-0.05, 0) is 55.5 Å². The molecule has 2 aliphatic rings. The first kappa shape index (κ1) is 32.3. The molecule has 0 radical (unpaired) electrons. The van der Waals surface area contributed by atoms with E-state index in [2.05, 4.69) is 6.58 Å². The summed E-state index contributed by atoms with van der Waals surface area (Å²) >= 11 is 6.29. The fourth-order valence-electron chi connectivity index (χ4n) is 5.06. The lowest BCUT2D eigenvalue weighted by Crippen LogP contribution is -2.46. The fraction of sp³-hybridized carbons (Fsp3) is 0.406. The van der Waals surface area contributed by atoms with Crippen molar-refractivity contribution in [3.8, 4) is 17.2 Å². The van der Waals surface area contributed by atoms with Crippen molar-refractivity contribution in [1.82, 2.24) is 4.90 Å². The normalized spacial score (nSPS) is 17.1. The summed E-state index contributed by atoms with van der Waals surface area (Å²) in [5, 5.41) is -0.121. The number of carbonyl (C=O) groups is 1. The highest BCUT2D eigenvalue weighted by atomic mass is 35.5. The van der Waals surface area contributed by atoms with Crippen LogP contribution in [0.15, 0.2) is 72.3 Å². The van der Waals surface area contributed by atoms with E-state index < -0.39 is 23.7 Å².